The van der Waals surface area contributed by atoms with Crippen molar-refractivity contribution in [3.8, 4) is 0 Å². The molecule has 2 N–H and O–H groups in total. The van der Waals surface area contributed by atoms with Gasteiger partial charge in [-0.25, -0.2) is 13.4 Å². The summed E-state index contributed by atoms with van der Waals surface area (Å²) in [5.74, 6) is 0.123. The maximum absolute atomic E-state index is 12.5. The number of rotatable bonds is 6. The Labute approximate surface area is 129 Å². The highest BCUT2D eigenvalue weighted by Gasteiger charge is 2.19. The summed E-state index contributed by atoms with van der Waals surface area (Å²) in [6.07, 6.45) is 1.48. The molecular weight excluding hydrogens is 310 g/mol. The van der Waals surface area contributed by atoms with E-state index in [-0.39, 0.29) is 15.7 Å². The average molecular weight is 326 g/mol. The second-order valence-electron chi connectivity index (χ2n) is 4.33. The molecule has 0 aliphatic carbocycles. The molecule has 1 aromatic heterocycles. The second-order valence-corrected chi connectivity index (χ2v) is 6.39. The molecule has 5 nitrogen and oxygen atoms in total. The molecule has 0 amide bonds. The van der Waals surface area contributed by atoms with Gasteiger partial charge in [0.2, 0.25) is 0 Å². The fourth-order valence-corrected chi connectivity index (χ4v) is 3.31. The zero-order valence-electron chi connectivity index (χ0n) is 11.5. The van der Waals surface area contributed by atoms with Crippen LogP contribution in [-0.2, 0) is 16.6 Å². The van der Waals surface area contributed by atoms with Gasteiger partial charge in [0.15, 0.2) is 5.82 Å². The maximum atomic E-state index is 12.5. The number of benzene rings is 1. The Morgan fingerprint density at radius 2 is 1.95 bits per heavy atom. The van der Waals surface area contributed by atoms with Gasteiger partial charge in [-0.1, -0.05) is 36.7 Å². The van der Waals surface area contributed by atoms with Crippen LogP contribution < -0.4 is 10.0 Å². The van der Waals surface area contributed by atoms with Gasteiger partial charge in [-0.05, 0) is 30.3 Å². The third-order valence-electron chi connectivity index (χ3n) is 2.82. The first-order valence-electron chi connectivity index (χ1n) is 6.46. The van der Waals surface area contributed by atoms with E-state index in [1.54, 1.807) is 36.4 Å². The number of sulfonamides is 1. The summed E-state index contributed by atoms with van der Waals surface area (Å²) in [4.78, 5) is 4.16. The molecule has 2 rings (SSSR count). The Bertz CT molecular complexity index is 720. The van der Waals surface area contributed by atoms with Gasteiger partial charge >= 0.3 is 0 Å². The van der Waals surface area contributed by atoms with Crippen LogP contribution in [0.25, 0.3) is 0 Å². The molecule has 0 spiro atoms. The lowest BCUT2D eigenvalue weighted by atomic mass is 10.2. The number of halogens is 1. The van der Waals surface area contributed by atoms with Crippen molar-refractivity contribution in [1.82, 2.24) is 10.3 Å². The highest BCUT2D eigenvalue weighted by atomic mass is 35.5. The summed E-state index contributed by atoms with van der Waals surface area (Å²) in [6, 6.07) is 10.0. The van der Waals surface area contributed by atoms with E-state index in [0.717, 1.165) is 6.54 Å². The summed E-state index contributed by atoms with van der Waals surface area (Å²) >= 11 is 5.94. The lowest BCUT2D eigenvalue weighted by molar-refractivity contribution is 0.598. The predicted molar refractivity (Wildman–Crippen MR) is 83.9 cm³/mol. The Hall–Kier alpha value is -1.63. The monoisotopic (exact) mass is 325 g/mol. The standard InChI is InChI=1S/C14H16ClN3O2S/c1-2-16-10-11-6-3-4-8-13(11)21(19,20)18-14-12(15)7-5-9-17-14/h3-9,16H,2,10H2,1H3,(H,17,18). The zero-order valence-corrected chi connectivity index (χ0v) is 13.1. The van der Waals surface area contributed by atoms with Crippen molar-refractivity contribution in [2.45, 2.75) is 18.4 Å². The van der Waals surface area contributed by atoms with Gasteiger partial charge < -0.3 is 5.32 Å². The van der Waals surface area contributed by atoms with E-state index < -0.39 is 10.0 Å². The van der Waals surface area contributed by atoms with Crippen molar-refractivity contribution in [3.05, 3.63) is 53.2 Å². The summed E-state index contributed by atoms with van der Waals surface area (Å²) in [5.41, 5.74) is 0.693. The van der Waals surface area contributed by atoms with E-state index >= 15 is 0 Å². The van der Waals surface area contributed by atoms with Gasteiger partial charge in [0, 0.05) is 12.7 Å². The van der Waals surface area contributed by atoms with Gasteiger partial charge in [-0.3, -0.25) is 4.72 Å². The predicted octanol–water partition coefficient (Wildman–Crippen LogP) is 2.65. The van der Waals surface area contributed by atoms with Crippen LogP contribution in [0.1, 0.15) is 12.5 Å². The molecule has 1 aromatic carbocycles. The van der Waals surface area contributed by atoms with Crippen molar-refractivity contribution < 1.29 is 8.42 Å². The molecule has 0 unspecified atom stereocenters. The van der Waals surface area contributed by atoms with E-state index in [1.165, 1.54) is 6.20 Å². The van der Waals surface area contributed by atoms with Crippen LogP contribution in [0, 0.1) is 0 Å². The molecular formula is C14H16ClN3O2S. The molecule has 0 fully saturated rings. The lowest BCUT2D eigenvalue weighted by Crippen LogP contribution is -2.19. The number of pyridine rings is 1. The molecule has 0 aliphatic rings. The molecule has 0 bridgehead atoms. The minimum Gasteiger partial charge on any atom is -0.313 e. The van der Waals surface area contributed by atoms with E-state index in [4.69, 9.17) is 11.6 Å². The number of anilines is 1. The molecule has 2 aromatic rings. The molecule has 1 heterocycles. The summed E-state index contributed by atoms with van der Waals surface area (Å²) in [7, 11) is -3.73. The summed E-state index contributed by atoms with van der Waals surface area (Å²) < 4.78 is 27.4. The molecule has 0 atom stereocenters. The van der Waals surface area contributed by atoms with Gasteiger partial charge in [0.05, 0.1) is 9.92 Å². The fourth-order valence-electron chi connectivity index (χ4n) is 1.81. The number of hydrogen-bond acceptors (Lipinski definition) is 4. The normalized spacial score (nSPS) is 11.3. The van der Waals surface area contributed by atoms with Crippen LogP contribution in [0.5, 0.6) is 0 Å². The fraction of sp³-hybridized carbons (Fsp3) is 0.214. The van der Waals surface area contributed by atoms with E-state index in [0.29, 0.717) is 12.1 Å². The van der Waals surface area contributed by atoms with Crippen molar-refractivity contribution in [1.29, 1.82) is 0 Å². The number of hydrogen-bond donors (Lipinski definition) is 2. The Morgan fingerprint density at radius 3 is 2.67 bits per heavy atom. The van der Waals surface area contributed by atoms with Crippen LogP contribution in [0.4, 0.5) is 5.82 Å². The summed E-state index contributed by atoms with van der Waals surface area (Å²) in [5, 5.41) is 3.37. The van der Waals surface area contributed by atoms with Crippen molar-refractivity contribution in [2.24, 2.45) is 0 Å². The van der Waals surface area contributed by atoms with Gasteiger partial charge in [0.1, 0.15) is 0 Å². The number of aromatic nitrogens is 1. The third kappa shape index (κ3) is 3.93. The molecule has 21 heavy (non-hydrogen) atoms. The topological polar surface area (TPSA) is 71.1 Å². The largest absolute Gasteiger partial charge is 0.313 e. The molecule has 112 valence electrons. The van der Waals surface area contributed by atoms with Crippen molar-refractivity contribution >= 4 is 27.4 Å². The minimum absolute atomic E-state index is 0.123. The first kappa shape index (κ1) is 15.8. The smallest absolute Gasteiger partial charge is 0.263 e. The first-order valence-corrected chi connectivity index (χ1v) is 8.32. The summed E-state index contributed by atoms with van der Waals surface area (Å²) in [6.45, 7) is 3.19. The zero-order chi connectivity index (χ0) is 15.3. The van der Waals surface area contributed by atoms with Crippen molar-refractivity contribution in [2.75, 3.05) is 11.3 Å². The first-order chi connectivity index (χ1) is 10.0. The maximum Gasteiger partial charge on any atom is 0.263 e. The second kappa shape index (κ2) is 6.89. The van der Waals surface area contributed by atoms with Gasteiger partial charge in [-0.2, -0.15) is 0 Å². The van der Waals surface area contributed by atoms with Gasteiger partial charge in [-0.15, -0.1) is 0 Å². The Balaban J connectivity index is 2.34. The minimum atomic E-state index is -3.73. The van der Waals surface area contributed by atoms with E-state index in [1.807, 2.05) is 6.92 Å². The van der Waals surface area contributed by atoms with Crippen molar-refractivity contribution in [3.63, 3.8) is 0 Å². The molecule has 7 heteroatoms. The number of nitrogens with one attached hydrogen (secondary N) is 2. The Kier molecular flexibility index (Phi) is 5.17. The van der Waals surface area contributed by atoms with Crippen LogP contribution in [-0.4, -0.2) is 19.9 Å². The van der Waals surface area contributed by atoms with Crippen LogP contribution in [0.15, 0.2) is 47.5 Å². The Morgan fingerprint density at radius 1 is 1.19 bits per heavy atom. The molecule has 0 saturated carbocycles. The molecule has 0 radical (unpaired) electrons. The molecule has 0 aliphatic heterocycles. The SMILES string of the molecule is CCNCc1ccccc1S(=O)(=O)Nc1ncccc1Cl. The van der Waals surface area contributed by atoms with Crippen LogP contribution in [0.3, 0.4) is 0 Å². The third-order valence-corrected chi connectivity index (χ3v) is 4.56. The van der Waals surface area contributed by atoms with E-state index in [2.05, 4.69) is 15.0 Å². The highest BCUT2D eigenvalue weighted by molar-refractivity contribution is 7.92. The van der Waals surface area contributed by atoms with Crippen LogP contribution >= 0.6 is 11.6 Å². The lowest BCUT2D eigenvalue weighted by Gasteiger charge is -2.12. The molecule has 0 saturated heterocycles. The highest BCUT2D eigenvalue weighted by Crippen LogP contribution is 2.23. The van der Waals surface area contributed by atoms with Gasteiger partial charge in [0.25, 0.3) is 10.0 Å². The van der Waals surface area contributed by atoms with Crippen LogP contribution in [0.2, 0.25) is 5.02 Å². The van der Waals surface area contributed by atoms with E-state index in [9.17, 15) is 8.42 Å². The quantitative estimate of drug-likeness (QED) is 0.856. The average Bonchev–Trinajstić information content (AvgIpc) is 2.47. The number of nitrogens with zero attached hydrogens (tertiary/aromatic N) is 1.